The largest absolute Gasteiger partial charge is 0.426 e. The molecule has 1 saturated heterocycles. The van der Waals surface area contributed by atoms with E-state index in [1.165, 1.54) is 0 Å². The van der Waals surface area contributed by atoms with E-state index in [2.05, 4.69) is 0 Å². The molecule has 2 aromatic carbocycles. The molecular weight excluding hydrogens is 330 g/mol. The summed E-state index contributed by atoms with van der Waals surface area (Å²) in [5.74, 6) is 0.0812. The van der Waals surface area contributed by atoms with Crippen molar-refractivity contribution in [3.8, 4) is 5.75 Å². The molecule has 1 aliphatic rings. The lowest BCUT2D eigenvalue weighted by atomic mass is 10.0. The molecule has 5 nitrogen and oxygen atoms in total. The first-order chi connectivity index (χ1) is 12.5. The van der Waals surface area contributed by atoms with Crippen LogP contribution in [0.4, 0.5) is 5.69 Å². The Morgan fingerprint density at radius 1 is 1.00 bits per heavy atom. The van der Waals surface area contributed by atoms with Crippen LogP contribution >= 0.6 is 0 Å². The van der Waals surface area contributed by atoms with Crippen LogP contribution in [0.1, 0.15) is 28.8 Å². The molecule has 3 rings (SSSR count). The summed E-state index contributed by atoms with van der Waals surface area (Å²) in [5, 5.41) is 0. The van der Waals surface area contributed by atoms with E-state index in [-0.39, 0.29) is 17.8 Å². The van der Waals surface area contributed by atoms with Crippen LogP contribution in [0.25, 0.3) is 0 Å². The van der Waals surface area contributed by atoms with Gasteiger partial charge in [-0.15, -0.1) is 0 Å². The number of rotatable bonds is 4. The van der Waals surface area contributed by atoms with Crippen molar-refractivity contribution in [1.82, 2.24) is 0 Å². The topological polar surface area (TPSA) is 55.8 Å². The lowest BCUT2D eigenvalue weighted by molar-refractivity contribution is -0.142. The molecule has 1 amide bonds. The Bertz CT molecular complexity index is 762. The molecule has 1 fully saturated rings. The summed E-state index contributed by atoms with van der Waals surface area (Å²) in [7, 11) is 1.73. The van der Waals surface area contributed by atoms with Gasteiger partial charge in [0, 0.05) is 31.5 Å². The average Bonchev–Trinajstić information content (AvgIpc) is 2.69. The van der Waals surface area contributed by atoms with Crippen LogP contribution < -0.4 is 9.64 Å². The summed E-state index contributed by atoms with van der Waals surface area (Å²) in [4.78, 5) is 26.3. The van der Waals surface area contributed by atoms with Gasteiger partial charge in [-0.05, 0) is 56.2 Å². The molecule has 1 heterocycles. The second-order valence-electron chi connectivity index (χ2n) is 6.53. The lowest BCUT2D eigenvalue weighted by Crippen LogP contribution is -2.27. The zero-order valence-electron chi connectivity index (χ0n) is 15.1. The molecule has 0 saturated carbocycles. The van der Waals surface area contributed by atoms with Gasteiger partial charge < -0.3 is 14.4 Å². The molecule has 2 aromatic rings. The first kappa shape index (κ1) is 18.1. The highest BCUT2D eigenvalue weighted by molar-refractivity contribution is 6.05. The van der Waals surface area contributed by atoms with Gasteiger partial charge in [-0.2, -0.15) is 0 Å². The maximum absolute atomic E-state index is 12.6. The highest BCUT2D eigenvalue weighted by Gasteiger charge is 2.23. The van der Waals surface area contributed by atoms with Crippen LogP contribution in [0.15, 0.2) is 48.5 Å². The molecule has 0 unspecified atom stereocenters. The van der Waals surface area contributed by atoms with Crippen molar-refractivity contribution in [1.29, 1.82) is 0 Å². The first-order valence-corrected chi connectivity index (χ1v) is 8.79. The minimum absolute atomic E-state index is 0.0862. The predicted molar refractivity (Wildman–Crippen MR) is 99.5 cm³/mol. The van der Waals surface area contributed by atoms with Crippen LogP contribution in [0.5, 0.6) is 5.75 Å². The fraction of sp³-hybridized carbons (Fsp3) is 0.333. The van der Waals surface area contributed by atoms with Crippen molar-refractivity contribution in [3.05, 3.63) is 59.7 Å². The molecule has 0 bridgehead atoms. The van der Waals surface area contributed by atoms with Crippen molar-refractivity contribution < 1.29 is 19.1 Å². The number of amides is 1. The van der Waals surface area contributed by atoms with Gasteiger partial charge >= 0.3 is 5.97 Å². The molecule has 1 aliphatic heterocycles. The van der Waals surface area contributed by atoms with Gasteiger partial charge in [-0.3, -0.25) is 9.59 Å². The van der Waals surface area contributed by atoms with E-state index in [4.69, 9.17) is 9.47 Å². The molecule has 0 spiro atoms. The fourth-order valence-corrected chi connectivity index (χ4v) is 2.88. The standard InChI is InChI=1S/C21H23NO4/c1-15-3-5-16(6-4-15)20(23)22(2)18-7-9-19(10-8-18)26-21(24)17-11-13-25-14-12-17/h3-10,17H,11-14H2,1-2H3. The summed E-state index contributed by atoms with van der Waals surface area (Å²) in [6.07, 6.45) is 1.40. The Morgan fingerprint density at radius 2 is 1.62 bits per heavy atom. The number of nitrogens with zero attached hydrogens (tertiary/aromatic N) is 1. The number of hydrogen-bond acceptors (Lipinski definition) is 4. The number of carbonyl (C=O) groups is 2. The maximum Gasteiger partial charge on any atom is 0.314 e. The molecule has 26 heavy (non-hydrogen) atoms. The molecular formula is C21H23NO4. The Kier molecular flexibility index (Phi) is 5.68. The summed E-state index contributed by atoms with van der Waals surface area (Å²) < 4.78 is 10.7. The Labute approximate surface area is 153 Å². The molecule has 136 valence electrons. The number of hydrogen-bond donors (Lipinski definition) is 0. The lowest BCUT2D eigenvalue weighted by Gasteiger charge is -2.21. The normalized spacial score (nSPS) is 14.7. The summed E-state index contributed by atoms with van der Waals surface area (Å²) >= 11 is 0. The van der Waals surface area contributed by atoms with Gasteiger partial charge in [-0.25, -0.2) is 0 Å². The maximum atomic E-state index is 12.6. The highest BCUT2D eigenvalue weighted by atomic mass is 16.5. The van der Waals surface area contributed by atoms with Crippen molar-refractivity contribution in [2.45, 2.75) is 19.8 Å². The van der Waals surface area contributed by atoms with E-state index in [0.29, 0.717) is 37.4 Å². The number of esters is 1. The smallest absolute Gasteiger partial charge is 0.314 e. The number of aryl methyl sites for hydroxylation is 1. The van der Waals surface area contributed by atoms with Gasteiger partial charge in [0.2, 0.25) is 0 Å². The summed E-state index contributed by atoms with van der Waals surface area (Å²) in [6.45, 7) is 3.19. The zero-order valence-corrected chi connectivity index (χ0v) is 15.1. The van der Waals surface area contributed by atoms with Crippen LogP contribution in [-0.2, 0) is 9.53 Å². The first-order valence-electron chi connectivity index (χ1n) is 8.79. The Morgan fingerprint density at radius 3 is 2.23 bits per heavy atom. The van der Waals surface area contributed by atoms with Crippen LogP contribution in [0.2, 0.25) is 0 Å². The second-order valence-corrected chi connectivity index (χ2v) is 6.53. The van der Waals surface area contributed by atoms with E-state index in [0.717, 1.165) is 11.3 Å². The van der Waals surface area contributed by atoms with Gasteiger partial charge in [0.15, 0.2) is 0 Å². The Hall–Kier alpha value is -2.66. The average molecular weight is 353 g/mol. The third-order valence-corrected chi connectivity index (χ3v) is 4.60. The third kappa shape index (κ3) is 4.29. The molecule has 0 N–H and O–H groups in total. The second kappa shape index (κ2) is 8.15. The van der Waals surface area contributed by atoms with Crippen molar-refractivity contribution >= 4 is 17.6 Å². The Balaban J connectivity index is 1.63. The number of ether oxygens (including phenoxy) is 2. The fourth-order valence-electron chi connectivity index (χ4n) is 2.88. The monoisotopic (exact) mass is 353 g/mol. The molecule has 0 aliphatic carbocycles. The van der Waals surface area contributed by atoms with E-state index >= 15 is 0 Å². The van der Waals surface area contributed by atoms with Gasteiger partial charge in [0.05, 0.1) is 5.92 Å². The van der Waals surface area contributed by atoms with Crippen molar-refractivity contribution in [2.75, 3.05) is 25.2 Å². The van der Waals surface area contributed by atoms with E-state index in [9.17, 15) is 9.59 Å². The predicted octanol–water partition coefficient (Wildman–Crippen LogP) is 3.60. The van der Waals surface area contributed by atoms with Gasteiger partial charge in [0.1, 0.15) is 5.75 Å². The molecule has 0 radical (unpaired) electrons. The number of carbonyl (C=O) groups excluding carboxylic acids is 2. The van der Waals surface area contributed by atoms with E-state index < -0.39 is 0 Å². The number of benzene rings is 2. The highest BCUT2D eigenvalue weighted by Crippen LogP contribution is 2.23. The minimum Gasteiger partial charge on any atom is -0.426 e. The number of anilines is 1. The molecule has 0 aromatic heterocycles. The quantitative estimate of drug-likeness (QED) is 0.622. The van der Waals surface area contributed by atoms with E-state index in [1.807, 2.05) is 31.2 Å². The van der Waals surface area contributed by atoms with Crippen LogP contribution in [-0.4, -0.2) is 32.1 Å². The SMILES string of the molecule is Cc1ccc(C(=O)N(C)c2ccc(OC(=O)C3CCOCC3)cc2)cc1. The minimum atomic E-state index is -0.217. The molecule has 0 atom stereocenters. The molecule has 5 heteroatoms. The summed E-state index contributed by atoms with van der Waals surface area (Å²) in [6, 6.07) is 14.4. The van der Waals surface area contributed by atoms with Crippen molar-refractivity contribution in [3.63, 3.8) is 0 Å². The van der Waals surface area contributed by atoms with Crippen LogP contribution in [0.3, 0.4) is 0 Å². The van der Waals surface area contributed by atoms with Crippen molar-refractivity contribution in [2.24, 2.45) is 5.92 Å². The van der Waals surface area contributed by atoms with Gasteiger partial charge in [-0.1, -0.05) is 17.7 Å². The summed E-state index contributed by atoms with van der Waals surface area (Å²) in [5.41, 5.74) is 2.48. The third-order valence-electron chi connectivity index (χ3n) is 4.60. The zero-order chi connectivity index (χ0) is 18.5. The van der Waals surface area contributed by atoms with E-state index in [1.54, 1.807) is 36.2 Å². The van der Waals surface area contributed by atoms with Crippen LogP contribution in [0, 0.1) is 12.8 Å². The van der Waals surface area contributed by atoms with Gasteiger partial charge in [0.25, 0.3) is 5.91 Å².